The van der Waals surface area contributed by atoms with Crippen LogP contribution < -0.4 is 5.32 Å². The number of pyridine rings is 1. The summed E-state index contributed by atoms with van der Waals surface area (Å²) in [6, 6.07) is 4.86. The molecule has 0 radical (unpaired) electrons. The molecule has 18 heavy (non-hydrogen) atoms. The van der Waals surface area contributed by atoms with Crippen LogP contribution in [0.4, 0.5) is 0 Å². The quantitative estimate of drug-likeness (QED) is 0.858. The summed E-state index contributed by atoms with van der Waals surface area (Å²) in [4.78, 5) is 26.7. The molecule has 1 N–H and O–H groups in total. The van der Waals surface area contributed by atoms with E-state index in [1.165, 1.54) is 12.2 Å². The largest absolute Gasteiger partial charge is 0.348 e. The van der Waals surface area contributed by atoms with Gasteiger partial charge in [0.2, 0.25) is 0 Å². The van der Waals surface area contributed by atoms with Gasteiger partial charge in [0.1, 0.15) is 0 Å². The standard InChI is InChI=1S/C12H12N4O2/c1-8-3-2-4-9(14-8)7-13-12(18)10-5-6-11(17)16-15-10/h2-6,10H,7H2,1H3,(H,13,18). The zero-order valence-corrected chi connectivity index (χ0v) is 9.83. The van der Waals surface area contributed by atoms with Gasteiger partial charge in [-0.05, 0) is 25.1 Å². The van der Waals surface area contributed by atoms with Gasteiger partial charge in [0.15, 0.2) is 6.04 Å². The van der Waals surface area contributed by atoms with Crippen LogP contribution in [0.3, 0.4) is 0 Å². The molecule has 0 aliphatic carbocycles. The highest BCUT2D eigenvalue weighted by Gasteiger charge is 2.17. The molecule has 6 heteroatoms. The fourth-order valence-corrected chi connectivity index (χ4v) is 1.48. The van der Waals surface area contributed by atoms with Gasteiger partial charge in [-0.25, -0.2) is 0 Å². The molecule has 2 amide bonds. The number of aromatic nitrogens is 1. The van der Waals surface area contributed by atoms with Crippen molar-refractivity contribution in [2.24, 2.45) is 10.2 Å². The molecule has 0 aromatic carbocycles. The van der Waals surface area contributed by atoms with Gasteiger partial charge in [-0.3, -0.25) is 14.6 Å². The Kier molecular flexibility index (Phi) is 3.57. The minimum Gasteiger partial charge on any atom is -0.348 e. The number of nitrogens with one attached hydrogen (secondary N) is 1. The normalized spacial score (nSPS) is 17.8. The first-order valence-corrected chi connectivity index (χ1v) is 5.48. The third-order valence-electron chi connectivity index (χ3n) is 2.36. The summed E-state index contributed by atoms with van der Waals surface area (Å²) in [5.41, 5.74) is 1.67. The lowest BCUT2D eigenvalue weighted by Crippen LogP contribution is -2.32. The predicted molar refractivity (Wildman–Crippen MR) is 63.6 cm³/mol. The Hall–Kier alpha value is -2.37. The van der Waals surface area contributed by atoms with E-state index in [2.05, 4.69) is 20.5 Å². The molecule has 2 heterocycles. The van der Waals surface area contributed by atoms with Crippen molar-refractivity contribution >= 4 is 11.8 Å². The Morgan fingerprint density at radius 1 is 1.44 bits per heavy atom. The molecule has 1 aromatic heterocycles. The first kappa shape index (κ1) is 12.1. The lowest BCUT2D eigenvalue weighted by molar-refractivity contribution is -0.121. The van der Waals surface area contributed by atoms with Crippen molar-refractivity contribution in [1.29, 1.82) is 0 Å². The maximum Gasteiger partial charge on any atom is 0.287 e. The molecule has 0 fully saturated rings. The minimum atomic E-state index is -0.729. The third-order valence-corrected chi connectivity index (χ3v) is 2.36. The van der Waals surface area contributed by atoms with Gasteiger partial charge in [-0.15, -0.1) is 5.11 Å². The summed E-state index contributed by atoms with van der Waals surface area (Å²) in [6.07, 6.45) is 2.66. The number of hydrogen-bond acceptors (Lipinski definition) is 4. The lowest BCUT2D eigenvalue weighted by atomic mass is 10.2. The summed E-state index contributed by atoms with van der Waals surface area (Å²) in [7, 11) is 0. The van der Waals surface area contributed by atoms with Crippen LogP contribution in [-0.2, 0) is 16.1 Å². The summed E-state index contributed by atoms with van der Waals surface area (Å²) >= 11 is 0. The molecule has 1 aliphatic rings. The molecule has 0 saturated carbocycles. The number of rotatable bonds is 3. The average molecular weight is 244 g/mol. The van der Waals surface area contributed by atoms with Crippen molar-refractivity contribution < 1.29 is 9.59 Å². The molecule has 92 valence electrons. The fraction of sp³-hybridized carbons (Fsp3) is 0.250. The van der Waals surface area contributed by atoms with Crippen molar-refractivity contribution in [2.45, 2.75) is 19.5 Å². The van der Waals surface area contributed by atoms with E-state index in [1.54, 1.807) is 0 Å². The van der Waals surface area contributed by atoms with Crippen molar-refractivity contribution in [3.05, 3.63) is 41.7 Å². The van der Waals surface area contributed by atoms with E-state index in [0.29, 0.717) is 6.54 Å². The van der Waals surface area contributed by atoms with Crippen molar-refractivity contribution in [1.82, 2.24) is 10.3 Å². The van der Waals surface area contributed by atoms with Crippen LogP contribution in [0.1, 0.15) is 11.4 Å². The van der Waals surface area contributed by atoms with Crippen LogP contribution in [0.5, 0.6) is 0 Å². The van der Waals surface area contributed by atoms with Gasteiger partial charge in [0.05, 0.1) is 12.2 Å². The van der Waals surface area contributed by atoms with Crippen LogP contribution in [0.15, 0.2) is 40.6 Å². The first-order chi connectivity index (χ1) is 8.65. The molecule has 0 spiro atoms. The smallest absolute Gasteiger partial charge is 0.287 e. The Morgan fingerprint density at radius 3 is 2.94 bits per heavy atom. The summed E-state index contributed by atoms with van der Waals surface area (Å²) in [5.74, 6) is -0.745. The Morgan fingerprint density at radius 2 is 2.28 bits per heavy atom. The molecular weight excluding hydrogens is 232 g/mol. The number of carbonyl (C=O) groups is 2. The lowest BCUT2D eigenvalue weighted by Gasteiger charge is -2.09. The molecule has 1 atom stereocenters. The third kappa shape index (κ3) is 3.07. The highest BCUT2D eigenvalue weighted by Crippen LogP contribution is 2.03. The molecule has 2 rings (SSSR count). The van der Waals surface area contributed by atoms with Gasteiger partial charge in [0, 0.05) is 11.8 Å². The van der Waals surface area contributed by atoms with Crippen molar-refractivity contribution in [2.75, 3.05) is 0 Å². The minimum absolute atomic E-state index is 0.300. The van der Waals surface area contributed by atoms with E-state index in [9.17, 15) is 9.59 Å². The molecule has 0 saturated heterocycles. The number of carbonyl (C=O) groups excluding carboxylic acids is 2. The zero-order chi connectivity index (χ0) is 13.0. The van der Waals surface area contributed by atoms with Gasteiger partial charge in [0.25, 0.3) is 11.8 Å². The van der Waals surface area contributed by atoms with Crippen molar-refractivity contribution in [3.8, 4) is 0 Å². The maximum atomic E-state index is 11.7. The predicted octanol–water partition coefficient (Wildman–Crippen LogP) is 0.923. The van der Waals surface area contributed by atoms with E-state index < -0.39 is 11.9 Å². The number of hydrogen-bond donors (Lipinski definition) is 1. The molecular formula is C12H12N4O2. The van der Waals surface area contributed by atoms with Crippen LogP contribution in [-0.4, -0.2) is 22.8 Å². The van der Waals surface area contributed by atoms with Crippen LogP contribution in [0, 0.1) is 6.92 Å². The van der Waals surface area contributed by atoms with Gasteiger partial charge in [-0.2, -0.15) is 5.11 Å². The van der Waals surface area contributed by atoms with E-state index in [1.807, 2.05) is 25.1 Å². The molecule has 1 aliphatic heterocycles. The second-order valence-corrected chi connectivity index (χ2v) is 3.85. The van der Waals surface area contributed by atoms with Gasteiger partial charge >= 0.3 is 0 Å². The van der Waals surface area contributed by atoms with E-state index in [-0.39, 0.29) is 5.91 Å². The molecule has 0 bridgehead atoms. The first-order valence-electron chi connectivity index (χ1n) is 5.48. The van der Waals surface area contributed by atoms with E-state index in [4.69, 9.17) is 0 Å². The zero-order valence-electron chi connectivity index (χ0n) is 9.83. The van der Waals surface area contributed by atoms with Crippen LogP contribution in [0.2, 0.25) is 0 Å². The Balaban J connectivity index is 1.91. The summed E-state index contributed by atoms with van der Waals surface area (Å²) < 4.78 is 0. The average Bonchev–Trinajstić information content (AvgIpc) is 2.37. The van der Waals surface area contributed by atoms with Gasteiger partial charge < -0.3 is 5.32 Å². The Bertz CT molecular complexity index is 521. The molecule has 1 aromatic rings. The van der Waals surface area contributed by atoms with E-state index in [0.717, 1.165) is 11.4 Å². The highest BCUT2D eigenvalue weighted by molar-refractivity contribution is 5.92. The van der Waals surface area contributed by atoms with Crippen LogP contribution >= 0.6 is 0 Å². The van der Waals surface area contributed by atoms with Crippen LogP contribution in [0.25, 0.3) is 0 Å². The monoisotopic (exact) mass is 244 g/mol. The summed E-state index contributed by atoms with van der Waals surface area (Å²) in [6.45, 7) is 2.21. The van der Waals surface area contributed by atoms with Gasteiger partial charge in [-0.1, -0.05) is 6.07 Å². The highest BCUT2D eigenvalue weighted by atomic mass is 16.2. The second kappa shape index (κ2) is 5.31. The number of azo groups is 1. The Labute approximate surface area is 104 Å². The fourth-order valence-electron chi connectivity index (χ4n) is 1.48. The number of nitrogens with zero attached hydrogens (tertiary/aromatic N) is 3. The number of amides is 2. The summed E-state index contributed by atoms with van der Waals surface area (Å²) in [5, 5.41) is 9.61. The topological polar surface area (TPSA) is 83.8 Å². The van der Waals surface area contributed by atoms with E-state index >= 15 is 0 Å². The van der Waals surface area contributed by atoms with Crippen molar-refractivity contribution in [3.63, 3.8) is 0 Å². The number of aryl methyl sites for hydroxylation is 1. The molecule has 1 unspecified atom stereocenters. The SMILES string of the molecule is Cc1cccc(CNC(=O)C2C=CC(=O)N=N2)n1. The second-order valence-electron chi connectivity index (χ2n) is 3.85. The molecule has 6 nitrogen and oxygen atoms in total. The maximum absolute atomic E-state index is 11.7.